The van der Waals surface area contributed by atoms with Crippen molar-refractivity contribution in [2.75, 3.05) is 39.3 Å². The Labute approximate surface area is 118 Å². The van der Waals surface area contributed by atoms with Crippen LogP contribution in [-0.4, -0.2) is 61.2 Å². The van der Waals surface area contributed by atoms with Crippen LogP contribution in [0.25, 0.3) is 0 Å². The summed E-state index contributed by atoms with van der Waals surface area (Å²) in [4.78, 5) is 5.65. The predicted molar refractivity (Wildman–Crippen MR) is 80.4 cm³/mol. The lowest BCUT2D eigenvalue weighted by molar-refractivity contribution is 0.00243. The fraction of sp³-hybridized carbons (Fsp3) is 1.00. The monoisotopic (exact) mass is 265 g/mol. The van der Waals surface area contributed by atoms with Gasteiger partial charge < -0.3 is 5.32 Å². The quantitative estimate of drug-likeness (QED) is 0.739. The van der Waals surface area contributed by atoms with Gasteiger partial charge >= 0.3 is 0 Å². The van der Waals surface area contributed by atoms with Gasteiger partial charge in [0.2, 0.25) is 0 Å². The van der Waals surface area contributed by atoms with Crippen LogP contribution in [0.15, 0.2) is 0 Å². The van der Waals surface area contributed by atoms with Crippen LogP contribution in [0.4, 0.5) is 0 Å². The van der Waals surface area contributed by atoms with Gasteiger partial charge in [-0.15, -0.1) is 0 Å². The molecule has 4 fully saturated rings. The first-order valence-electron chi connectivity index (χ1n) is 8.54. The first kappa shape index (κ1) is 13.8. The smallest absolute Gasteiger partial charge is 0.0295 e. The summed E-state index contributed by atoms with van der Waals surface area (Å²) in [7, 11) is 0. The van der Waals surface area contributed by atoms with Crippen molar-refractivity contribution in [1.29, 1.82) is 0 Å². The summed E-state index contributed by atoms with van der Waals surface area (Å²) in [6.45, 7) is 12.3. The molecule has 4 heterocycles. The highest BCUT2D eigenvalue weighted by molar-refractivity contribution is 5.06. The normalized spacial score (nSPS) is 41.7. The molecule has 0 radical (unpaired) electrons. The Bertz CT molecular complexity index is 286. The molecule has 110 valence electrons. The number of hydrogen-bond donors (Lipinski definition) is 1. The van der Waals surface area contributed by atoms with Crippen LogP contribution in [0.1, 0.15) is 39.5 Å². The molecule has 2 bridgehead atoms. The minimum absolute atomic E-state index is 0.826. The van der Waals surface area contributed by atoms with E-state index in [0.717, 1.165) is 30.5 Å². The van der Waals surface area contributed by atoms with E-state index in [4.69, 9.17) is 0 Å². The van der Waals surface area contributed by atoms with Crippen LogP contribution in [0.2, 0.25) is 0 Å². The second kappa shape index (κ2) is 6.11. The summed E-state index contributed by atoms with van der Waals surface area (Å²) in [6, 6.07) is 1.71. The molecule has 0 aromatic heterocycles. The zero-order chi connectivity index (χ0) is 13.2. The number of fused-ring (bicyclic) bond motifs is 2. The molecule has 3 unspecified atom stereocenters. The van der Waals surface area contributed by atoms with Crippen LogP contribution in [0.5, 0.6) is 0 Å². The Hall–Kier alpha value is -0.120. The van der Waals surface area contributed by atoms with E-state index in [1.807, 2.05) is 0 Å². The van der Waals surface area contributed by atoms with Crippen molar-refractivity contribution < 1.29 is 0 Å². The molecule has 0 aromatic rings. The molecule has 0 spiro atoms. The van der Waals surface area contributed by atoms with Gasteiger partial charge in [0.1, 0.15) is 0 Å². The van der Waals surface area contributed by atoms with E-state index < -0.39 is 0 Å². The third-order valence-corrected chi connectivity index (χ3v) is 5.73. The second-order valence-corrected chi connectivity index (χ2v) is 6.73. The Morgan fingerprint density at radius 1 is 1.16 bits per heavy atom. The van der Waals surface area contributed by atoms with E-state index in [9.17, 15) is 0 Å². The number of nitrogens with zero attached hydrogens (tertiary/aromatic N) is 2. The molecule has 3 atom stereocenters. The molecular formula is C16H31N3. The molecule has 0 aliphatic carbocycles. The first-order chi connectivity index (χ1) is 9.35. The lowest BCUT2D eigenvalue weighted by atomic mass is 9.73. The van der Waals surface area contributed by atoms with E-state index in [0.29, 0.717) is 0 Å². The maximum atomic E-state index is 3.53. The topological polar surface area (TPSA) is 18.5 Å². The molecule has 3 heteroatoms. The standard InChI is InChI=1S/C16H31N3/c1-3-9-19-12-14-13-6-10-18(11-7-13)16(14)15(19)5-8-17-4-2/h13-17H,3-12H2,1-2H3. The molecule has 4 rings (SSSR count). The number of likely N-dealkylation sites (tertiary alicyclic amines) is 1. The Morgan fingerprint density at radius 3 is 2.63 bits per heavy atom. The first-order valence-corrected chi connectivity index (χ1v) is 8.54. The van der Waals surface area contributed by atoms with Gasteiger partial charge in [-0.05, 0) is 70.2 Å². The molecular weight excluding hydrogens is 234 g/mol. The Kier molecular flexibility index (Phi) is 4.45. The van der Waals surface area contributed by atoms with Gasteiger partial charge in [0.05, 0.1) is 0 Å². The summed E-state index contributed by atoms with van der Waals surface area (Å²) in [6.07, 6.45) is 5.60. The molecule has 0 amide bonds. The number of hydrogen-bond acceptors (Lipinski definition) is 3. The van der Waals surface area contributed by atoms with Gasteiger partial charge in [-0.1, -0.05) is 13.8 Å². The Morgan fingerprint density at radius 2 is 1.95 bits per heavy atom. The van der Waals surface area contributed by atoms with Gasteiger partial charge in [0.25, 0.3) is 0 Å². The third-order valence-electron chi connectivity index (χ3n) is 5.73. The van der Waals surface area contributed by atoms with Crippen LogP contribution in [-0.2, 0) is 0 Å². The van der Waals surface area contributed by atoms with Crippen molar-refractivity contribution >= 4 is 0 Å². The van der Waals surface area contributed by atoms with Gasteiger partial charge in [0.15, 0.2) is 0 Å². The van der Waals surface area contributed by atoms with Crippen molar-refractivity contribution in [3.8, 4) is 0 Å². The SMILES string of the molecule is CCCN1CC2C3CCN(CC3)C2C1CCNCC. The van der Waals surface area contributed by atoms with E-state index >= 15 is 0 Å². The van der Waals surface area contributed by atoms with Gasteiger partial charge in [-0.3, -0.25) is 9.80 Å². The molecule has 4 aliphatic rings. The maximum Gasteiger partial charge on any atom is 0.0295 e. The maximum absolute atomic E-state index is 3.53. The van der Waals surface area contributed by atoms with E-state index in [2.05, 4.69) is 29.0 Å². The summed E-state index contributed by atoms with van der Waals surface area (Å²) < 4.78 is 0. The molecule has 4 aliphatic heterocycles. The van der Waals surface area contributed by atoms with Crippen molar-refractivity contribution in [3.05, 3.63) is 0 Å². The number of rotatable bonds is 6. The largest absolute Gasteiger partial charge is 0.317 e. The van der Waals surface area contributed by atoms with Crippen molar-refractivity contribution in [2.24, 2.45) is 11.8 Å². The molecule has 4 saturated heterocycles. The molecule has 0 saturated carbocycles. The van der Waals surface area contributed by atoms with Gasteiger partial charge in [-0.25, -0.2) is 0 Å². The highest BCUT2D eigenvalue weighted by Crippen LogP contribution is 2.44. The summed E-state index contributed by atoms with van der Waals surface area (Å²) in [5, 5.41) is 3.53. The fourth-order valence-electron chi connectivity index (χ4n) is 4.93. The zero-order valence-electron chi connectivity index (χ0n) is 12.8. The predicted octanol–water partition coefficient (Wildman–Crippen LogP) is 1.79. The molecule has 19 heavy (non-hydrogen) atoms. The highest BCUT2D eigenvalue weighted by atomic mass is 15.3. The second-order valence-electron chi connectivity index (χ2n) is 6.73. The van der Waals surface area contributed by atoms with Gasteiger partial charge in [-0.2, -0.15) is 0 Å². The third kappa shape index (κ3) is 2.57. The minimum Gasteiger partial charge on any atom is -0.317 e. The van der Waals surface area contributed by atoms with Crippen LogP contribution in [0.3, 0.4) is 0 Å². The van der Waals surface area contributed by atoms with Crippen LogP contribution >= 0.6 is 0 Å². The average Bonchev–Trinajstić information content (AvgIpc) is 2.82. The fourth-order valence-corrected chi connectivity index (χ4v) is 4.93. The van der Waals surface area contributed by atoms with Crippen LogP contribution in [0, 0.1) is 11.8 Å². The van der Waals surface area contributed by atoms with E-state index in [-0.39, 0.29) is 0 Å². The number of nitrogens with one attached hydrogen (secondary N) is 1. The minimum atomic E-state index is 0.826. The lowest BCUT2D eigenvalue weighted by Gasteiger charge is -2.49. The zero-order valence-corrected chi connectivity index (χ0v) is 12.8. The summed E-state index contributed by atoms with van der Waals surface area (Å²) in [5.74, 6) is 2.03. The number of piperidine rings is 3. The highest BCUT2D eigenvalue weighted by Gasteiger charge is 2.51. The Balaban J connectivity index is 1.69. The van der Waals surface area contributed by atoms with Gasteiger partial charge in [0, 0.05) is 18.6 Å². The van der Waals surface area contributed by atoms with Crippen LogP contribution < -0.4 is 5.32 Å². The average molecular weight is 265 g/mol. The molecule has 0 aromatic carbocycles. The summed E-state index contributed by atoms with van der Waals surface area (Å²) in [5.41, 5.74) is 0. The van der Waals surface area contributed by atoms with E-state index in [1.165, 1.54) is 58.4 Å². The van der Waals surface area contributed by atoms with Crippen molar-refractivity contribution in [1.82, 2.24) is 15.1 Å². The molecule has 3 nitrogen and oxygen atoms in total. The lowest BCUT2D eigenvalue weighted by Crippen LogP contribution is -2.57. The van der Waals surface area contributed by atoms with E-state index in [1.54, 1.807) is 0 Å². The van der Waals surface area contributed by atoms with Crippen molar-refractivity contribution in [2.45, 2.75) is 51.6 Å². The summed E-state index contributed by atoms with van der Waals surface area (Å²) >= 11 is 0. The van der Waals surface area contributed by atoms with Crippen molar-refractivity contribution in [3.63, 3.8) is 0 Å². The molecule has 1 N–H and O–H groups in total.